The van der Waals surface area contributed by atoms with Crippen molar-refractivity contribution >= 4 is 17.4 Å². The fourth-order valence-electron chi connectivity index (χ4n) is 4.18. The summed E-state index contributed by atoms with van der Waals surface area (Å²) in [4.78, 5) is 31.9. The summed E-state index contributed by atoms with van der Waals surface area (Å²) in [6.45, 7) is 6.49. The van der Waals surface area contributed by atoms with Gasteiger partial charge in [0, 0.05) is 24.5 Å². The molecule has 1 saturated heterocycles. The number of aliphatic hydroxyl groups is 1. The summed E-state index contributed by atoms with van der Waals surface area (Å²) < 4.78 is 5.59. The van der Waals surface area contributed by atoms with Crippen LogP contribution < -0.4 is 4.74 Å². The molecular formula is C27H26N2O4. The Balaban J connectivity index is 1.85. The largest absolute Gasteiger partial charge is 0.507 e. The molecule has 3 aromatic rings. The van der Waals surface area contributed by atoms with Crippen molar-refractivity contribution in [1.82, 2.24) is 9.88 Å². The Labute approximate surface area is 193 Å². The predicted molar refractivity (Wildman–Crippen MR) is 126 cm³/mol. The number of pyridine rings is 1. The van der Waals surface area contributed by atoms with Crippen molar-refractivity contribution in [3.05, 3.63) is 100 Å². The van der Waals surface area contributed by atoms with Crippen LogP contribution in [0.5, 0.6) is 5.75 Å². The highest BCUT2D eigenvalue weighted by atomic mass is 16.5. The van der Waals surface area contributed by atoms with Crippen LogP contribution in [0.2, 0.25) is 0 Å². The van der Waals surface area contributed by atoms with E-state index in [0.29, 0.717) is 17.9 Å². The first-order valence-corrected chi connectivity index (χ1v) is 10.9. The normalized spacial score (nSPS) is 17.4. The van der Waals surface area contributed by atoms with Crippen molar-refractivity contribution in [2.24, 2.45) is 0 Å². The van der Waals surface area contributed by atoms with Crippen LogP contribution in [-0.2, 0) is 16.1 Å². The maximum atomic E-state index is 13.2. The van der Waals surface area contributed by atoms with E-state index in [1.165, 1.54) is 4.90 Å². The molecule has 168 valence electrons. The van der Waals surface area contributed by atoms with Gasteiger partial charge in [-0.15, -0.1) is 0 Å². The van der Waals surface area contributed by atoms with Crippen LogP contribution in [-0.4, -0.2) is 33.3 Å². The zero-order chi connectivity index (χ0) is 23.5. The lowest BCUT2D eigenvalue weighted by Gasteiger charge is -2.25. The molecule has 4 rings (SSSR count). The Bertz CT molecular complexity index is 1230. The van der Waals surface area contributed by atoms with Crippen molar-refractivity contribution in [2.45, 2.75) is 33.4 Å². The van der Waals surface area contributed by atoms with Crippen LogP contribution in [0.3, 0.4) is 0 Å². The highest BCUT2D eigenvalue weighted by Crippen LogP contribution is 2.40. The fraction of sp³-hybridized carbons (Fsp3) is 0.222. The fourth-order valence-corrected chi connectivity index (χ4v) is 4.18. The van der Waals surface area contributed by atoms with E-state index < -0.39 is 17.7 Å². The zero-order valence-corrected chi connectivity index (χ0v) is 18.9. The summed E-state index contributed by atoms with van der Waals surface area (Å²) in [7, 11) is 0. The van der Waals surface area contributed by atoms with Crippen molar-refractivity contribution < 1.29 is 19.4 Å². The minimum atomic E-state index is -0.704. The minimum absolute atomic E-state index is 0.0863. The second kappa shape index (κ2) is 9.28. The number of rotatable bonds is 6. The summed E-state index contributed by atoms with van der Waals surface area (Å²) in [5, 5.41) is 11.3. The summed E-state index contributed by atoms with van der Waals surface area (Å²) in [6, 6.07) is 15.8. The van der Waals surface area contributed by atoms with E-state index in [1.807, 2.05) is 57.2 Å². The molecule has 0 bridgehead atoms. The van der Waals surface area contributed by atoms with Gasteiger partial charge in [0.25, 0.3) is 11.7 Å². The van der Waals surface area contributed by atoms with Crippen molar-refractivity contribution in [3.8, 4) is 5.75 Å². The molecule has 2 heterocycles. The quantitative estimate of drug-likeness (QED) is 0.339. The molecule has 0 saturated carbocycles. The van der Waals surface area contributed by atoms with Crippen molar-refractivity contribution in [3.63, 3.8) is 0 Å². The third-order valence-electron chi connectivity index (χ3n) is 5.75. The average molecular weight is 443 g/mol. The van der Waals surface area contributed by atoms with Gasteiger partial charge in [-0.2, -0.15) is 0 Å². The molecule has 2 aromatic carbocycles. The van der Waals surface area contributed by atoms with E-state index in [-0.39, 0.29) is 17.9 Å². The molecule has 6 nitrogen and oxygen atoms in total. The van der Waals surface area contributed by atoms with Gasteiger partial charge in [-0.05, 0) is 67.8 Å². The summed E-state index contributed by atoms with van der Waals surface area (Å²) in [5.74, 6) is -0.812. The van der Waals surface area contributed by atoms with Crippen LogP contribution in [0.4, 0.5) is 0 Å². The highest BCUT2D eigenvalue weighted by Gasteiger charge is 2.46. The number of amides is 1. The smallest absolute Gasteiger partial charge is 0.295 e. The Morgan fingerprint density at radius 1 is 1.06 bits per heavy atom. The third kappa shape index (κ3) is 4.37. The molecule has 33 heavy (non-hydrogen) atoms. The third-order valence-corrected chi connectivity index (χ3v) is 5.75. The number of aliphatic hydroxyl groups excluding tert-OH is 1. The number of ether oxygens (including phenoxy) is 1. The number of aromatic nitrogens is 1. The van der Waals surface area contributed by atoms with Gasteiger partial charge in [0.15, 0.2) is 0 Å². The monoisotopic (exact) mass is 442 g/mol. The molecule has 1 aliphatic rings. The minimum Gasteiger partial charge on any atom is -0.507 e. The molecule has 1 aliphatic heterocycles. The SMILES string of the molecule is CCOc1ccc(/C(O)=C2/C(=O)C(=O)N(Cc3ccncc3)C2c2cccc(C)c2)cc1C. The van der Waals surface area contributed by atoms with Crippen LogP contribution in [0, 0.1) is 13.8 Å². The topological polar surface area (TPSA) is 79.7 Å². The second-order valence-corrected chi connectivity index (χ2v) is 8.11. The van der Waals surface area contributed by atoms with E-state index in [2.05, 4.69) is 4.98 Å². The Kier molecular flexibility index (Phi) is 6.27. The van der Waals surface area contributed by atoms with Gasteiger partial charge in [0.05, 0.1) is 18.2 Å². The first-order chi connectivity index (χ1) is 15.9. The maximum absolute atomic E-state index is 13.2. The number of carbonyl (C=O) groups is 2. The number of benzene rings is 2. The van der Waals surface area contributed by atoms with Crippen LogP contribution in [0.1, 0.15) is 40.8 Å². The lowest BCUT2D eigenvalue weighted by atomic mass is 9.94. The maximum Gasteiger partial charge on any atom is 0.295 e. The number of hydrogen-bond acceptors (Lipinski definition) is 5. The number of Topliss-reactive ketones (excluding diaryl/α,β-unsaturated/α-hetero) is 1. The van der Waals surface area contributed by atoms with Gasteiger partial charge in [-0.25, -0.2) is 0 Å². The molecule has 1 unspecified atom stereocenters. The molecule has 6 heteroatoms. The molecular weight excluding hydrogens is 416 g/mol. The molecule has 1 amide bonds. The van der Waals surface area contributed by atoms with Gasteiger partial charge in [0.2, 0.25) is 0 Å². The number of carbonyl (C=O) groups excluding carboxylic acids is 2. The summed E-state index contributed by atoms with van der Waals surface area (Å²) in [6.07, 6.45) is 3.30. The molecule has 1 fully saturated rings. The average Bonchev–Trinajstić information content (AvgIpc) is 3.05. The first-order valence-electron chi connectivity index (χ1n) is 10.9. The molecule has 0 radical (unpaired) electrons. The zero-order valence-electron chi connectivity index (χ0n) is 18.9. The summed E-state index contributed by atoms with van der Waals surface area (Å²) in [5.41, 5.74) is 4.01. The second-order valence-electron chi connectivity index (χ2n) is 8.11. The highest BCUT2D eigenvalue weighted by molar-refractivity contribution is 6.46. The van der Waals surface area contributed by atoms with Gasteiger partial charge < -0.3 is 14.7 Å². The van der Waals surface area contributed by atoms with E-state index in [9.17, 15) is 14.7 Å². The Morgan fingerprint density at radius 3 is 2.48 bits per heavy atom. The molecule has 0 aliphatic carbocycles. The number of ketones is 1. The van der Waals surface area contributed by atoms with E-state index in [4.69, 9.17) is 4.74 Å². The molecule has 1 aromatic heterocycles. The van der Waals surface area contributed by atoms with Gasteiger partial charge in [-0.1, -0.05) is 29.8 Å². The van der Waals surface area contributed by atoms with Gasteiger partial charge >= 0.3 is 0 Å². The van der Waals surface area contributed by atoms with E-state index in [1.54, 1.807) is 30.6 Å². The number of nitrogens with zero attached hydrogens (tertiary/aromatic N) is 2. The number of likely N-dealkylation sites (tertiary alicyclic amines) is 1. The van der Waals surface area contributed by atoms with Gasteiger partial charge in [-0.3, -0.25) is 14.6 Å². The van der Waals surface area contributed by atoms with Crippen LogP contribution in [0.15, 0.2) is 72.6 Å². The van der Waals surface area contributed by atoms with Gasteiger partial charge in [0.1, 0.15) is 11.5 Å². The number of aryl methyl sites for hydroxylation is 2. The van der Waals surface area contributed by atoms with Crippen molar-refractivity contribution in [2.75, 3.05) is 6.61 Å². The van der Waals surface area contributed by atoms with Crippen molar-refractivity contribution in [1.29, 1.82) is 0 Å². The molecule has 0 spiro atoms. The van der Waals surface area contributed by atoms with Crippen LogP contribution in [0.25, 0.3) is 5.76 Å². The standard InChI is InChI=1S/C27H26N2O4/c1-4-33-22-9-8-21(15-18(22)3)25(30)23-24(20-7-5-6-17(2)14-20)29(27(32)26(23)31)16-19-10-12-28-13-11-19/h5-15,24,30H,4,16H2,1-3H3/b25-23-. The molecule has 1 N–H and O–H groups in total. The molecule has 1 atom stereocenters. The van der Waals surface area contributed by atoms with Crippen LogP contribution >= 0.6 is 0 Å². The van der Waals surface area contributed by atoms with E-state index in [0.717, 1.165) is 22.3 Å². The van der Waals surface area contributed by atoms with E-state index >= 15 is 0 Å². The lowest BCUT2D eigenvalue weighted by Crippen LogP contribution is -2.29. The Morgan fingerprint density at radius 2 is 1.82 bits per heavy atom. The predicted octanol–water partition coefficient (Wildman–Crippen LogP) is 4.72. The number of hydrogen-bond donors (Lipinski definition) is 1. The first kappa shape index (κ1) is 22.3. The summed E-state index contributed by atoms with van der Waals surface area (Å²) >= 11 is 0. The lowest BCUT2D eigenvalue weighted by molar-refractivity contribution is -0.140. The Hall–Kier alpha value is -3.93.